The summed E-state index contributed by atoms with van der Waals surface area (Å²) < 4.78 is 5.71. The van der Waals surface area contributed by atoms with Crippen molar-refractivity contribution in [3.63, 3.8) is 0 Å². The average Bonchev–Trinajstić information content (AvgIpc) is 2.48. The molecule has 0 aromatic heterocycles. The Labute approximate surface area is 122 Å². The molecule has 0 bridgehead atoms. The molecule has 0 aliphatic heterocycles. The number of nitro benzene ring substituents is 1. The maximum absolute atomic E-state index is 10.9. The monoisotopic (exact) mass is 282 g/mol. The van der Waals surface area contributed by atoms with E-state index in [-0.39, 0.29) is 5.69 Å². The number of benzene rings is 2. The number of hydrogen-bond donors (Lipinski definition) is 0. The summed E-state index contributed by atoms with van der Waals surface area (Å²) in [7, 11) is 0. The molecule has 0 aliphatic rings. The SMILES string of the molecule is Cc1cc([N+](=O)[O-])c(C)cc1OCc1ccc(C#N)cc1. The Balaban J connectivity index is 2.14. The van der Waals surface area contributed by atoms with Gasteiger partial charge in [0.1, 0.15) is 12.4 Å². The van der Waals surface area contributed by atoms with Gasteiger partial charge in [0.05, 0.1) is 16.6 Å². The second kappa shape index (κ2) is 6.06. The first-order chi connectivity index (χ1) is 10.0. The van der Waals surface area contributed by atoms with E-state index in [9.17, 15) is 10.1 Å². The molecule has 2 rings (SSSR count). The van der Waals surface area contributed by atoms with Crippen LogP contribution in [0.3, 0.4) is 0 Å². The third-order valence-electron chi connectivity index (χ3n) is 3.17. The molecule has 0 saturated carbocycles. The molecule has 0 unspecified atom stereocenters. The number of nitro groups is 1. The second-order valence-corrected chi connectivity index (χ2v) is 4.76. The van der Waals surface area contributed by atoms with Gasteiger partial charge < -0.3 is 4.74 Å². The Hall–Kier alpha value is -2.87. The Morgan fingerprint density at radius 3 is 2.43 bits per heavy atom. The smallest absolute Gasteiger partial charge is 0.272 e. The number of aryl methyl sites for hydroxylation is 2. The number of hydrogen-bond acceptors (Lipinski definition) is 4. The van der Waals surface area contributed by atoms with Crippen molar-refractivity contribution in [2.45, 2.75) is 20.5 Å². The first-order valence-electron chi connectivity index (χ1n) is 6.38. The first-order valence-corrected chi connectivity index (χ1v) is 6.38. The molecular weight excluding hydrogens is 268 g/mol. The lowest BCUT2D eigenvalue weighted by molar-refractivity contribution is -0.385. The lowest BCUT2D eigenvalue weighted by atomic mass is 10.1. The minimum absolute atomic E-state index is 0.0956. The molecule has 0 fully saturated rings. The summed E-state index contributed by atoms with van der Waals surface area (Å²) in [4.78, 5) is 10.5. The molecule has 0 aliphatic carbocycles. The minimum Gasteiger partial charge on any atom is -0.489 e. The van der Waals surface area contributed by atoms with E-state index in [0.717, 1.165) is 11.1 Å². The maximum atomic E-state index is 10.9. The second-order valence-electron chi connectivity index (χ2n) is 4.76. The van der Waals surface area contributed by atoms with Crippen molar-refractivity contribution in [1.82, 2.24) is 0 Å². The summed E-state index contributed by atoms with van der Waals surface area (Å²) >= 11 is 0. The van der Waals surface area contributed by atoms with Gasteiger partial charge in [0.15, 0.2) is 0 Å². The van der Waals surface area contributed by atoms with Crippen LogP contribution in [0.1, 0.15) is 22.3 Å². The van der Waals surface area contributed by atoms with Crippen molar-refractivity contribution in [1.29, 1.82) is 5.26 Å². The topological polar surface area (TPSA) is 76.2 Å². The van der Waals surface area contributed by atoms with Crippen LogP contribution in [0, 0.1) is 35.3 Å². The number of nitrogens with zero attached hydrogens (tertiary/aromatic N) is 2. The fraction of sp³-hybridized carbons (Fsp3) is 0.188. The predicted octanol–water partition coefficient (Wildman–Crippen LogP) is 3.66. The molecule has 21 heavy (non-hydrogen) atoms. The number of rotatable bonds is 4. The van der Waals surface area contributed by atoms with Gasteiger partial charge in [0, 0.05) is 11.6 Å². The maximum Gasteiger partial charge on any atom is 0.272 e. The zero-order valence-electron chi connectivity index (χ0n) is 11.8. The van der Waals surface area contributed by atoms with Gasteiger partial charge in [0.2, 0.25) is 0 Å². The van der Waals surface area contributed by atoms with E-state index in [1.807, 2.05) is 12.1 Å². The molecule has 2 aromatic carbocycles. The largest absolute Gasteiger partial charge is 0.489 e. The third-order valence-corrected chi connectivity index (χ3v) is 3.17. The molecule has 5 heteroatoms. The van der Waals surface area contributed by atoms with Gasteiger partial charge in [-0.2, -0.15) is 5.26 Å². The van der Waals surface area contributed by atoms with Crippen LogP contribution in [-0.2, 0) is 6.61 Å². The quantitative estimate of drug-likeness (QED) is 0.633. The molecule has 0 N–H and O–H groups in total. The van der Waals surface area contributed by atoms with Crippen LogP contribution in [-0.4, -0.2) is 4.92 Å². The van der Waals surface area contributed by atoms with Crippen LogP contribution in [0.25, 0.3) is 0 Å². The van der Waals surface area contributed by atoms with E-state index in [1.165, 1.54) is 6.07 Å². The molecule has 0 atom stereocenters. The highest BCUT2D eigenvalue weighted by atomic mass is 16.6. The van der Waals surface area contributed by atoms with E-state index in [2.05, 4.69) is 6.07 Å². The third kappa shape index (κ3) is 3.37. The van der Waals surface area contributed by atoms with Crippen molar-refractivity contribution in [2.24, 2.45) is 0 Å². The zero-order valence-corrected chi connectivity index (χ0v) is 11.8. The minimum atomic E-state index is -0.396. The number of nitriles is 1. The normalized spacial score (nSPS) is 9.95. The molecule has 0 heterocycles. The molecule has 0 spiro atoms. The Morgan fingerprint density at radius 2 is 1.86 bits per heavy atom. The van der Waals surface area contributed by atoms with Gasteiger partial charge in [-0.25, -0.2) is 0 Å². The van der Waals surface area contributed by atoms with Gasteiger partial charge in [0.25, 0.3) is 5.69 Å². The number of ether oxygens (including phenoxy) is 1. The molecule has 0 saturated heterocycles. The summed E-state index contributed by atoms with van der Waals surface area (Å²) in [6.45, 7) is 3.82. The van der Waals surface area contributed by atoms with Crippen molar-refractivity contribution in [2.75, 3.05) is 0 Å². The summed E-state index contributed by atoms with van der Waals surface area (Å²) in [6, 6.07) is 12.4. The molecule has 0 amide bonds. The van der Waals surface area contributed by atoms with E-state index in [4.69, 9.17) is 10.00 Å². The van der Waals surface area contributed by atoms with Gasteiger partial charge in [-0.15, -0.1) is 0 Å². The van der Waals surface area contributed by atoms with E-state index < -0.39 is 4.92 Å². The Bertz CT molecular complexity index is 716. The summed E-state index contributed by atoms with van der Waals surface area (Å²) in [6.07, 6.45) is 0. The van der Waals surface area contributed by atoms with Crippen molar-refractivity contribution < 1.29 is 9.66 Å². The summed E-state index contributed by atoms with van der Waals surface area (Å²) in [5, 5.41) is 19.6. The average molecular weight is 282 g/mol. The van der Waals surface area contributed by atoms with Crippen molar-refractivity contribution in [3.05, 3.63) is 68.8 Å². The highest BCUT2D eigenvalue weighted by Gasteiger charge is 2.14. The zero-order chi connectivity index (χ0) is 15.4. The lowest BCUT2D eigenvalue weighted by Crippen LogP contribution is -1.99. The highest BCUT2D eigenvalue weighted by Crippen LogP contribution is 2.28. The van der Waals surface area contributed by atoms with Crippen LogP contribution in [0.15, 0.2) is 36.4 Å². The van der Waals surface area contributed by atoms with Gasteiger partial charge in [-0.05, 0) is 43.2 Å². The van der Waals surface area contributed by atoms with Gasteiger partial charge in [-0.3, -0.25) is 10.1 Å². The molecule has 0 radical (unpaired) electrons. The molecule has 5 nitrogen and oxygen atoms in total. The van der Waals surface area contributed by atoms with Crippen LogP contribution in [0.4, 0.5) is 5.69 Å². The van der Waals surface area contributed by atoms with Crippen LogP contribution in [0.2, 0.25) is 0 Å². The summed E-state index contributed by atoms with van der Waals surface area (Å²) in [5.74, 6) is 0.627. The molecule has 106 valence electrons. The molecule has 2 aromatic rings. The molecular formula is C16H14N2O3. The van der Waals surface area contributed by atoms with E-state index in [0.29, 0.717) is 23.5 Å². The standard InChI is InChI=1S/C16H14N2O3/c1-11-8-16(12(2)7-15(11)18(19)20)21-10-14-5-3-13(9-17)4-6-14/h3-8H,10H2,1-2H3. The Kier molecular flexibility index (Phi) is 4.19. The van der Waals surface area contributed by atoms with Crippen LogP contribution >= 0.6 is 0 Å². The van der Waals surface area contributed by atoms with E-state index in [1.54, 1.807) is 32.0 Å². The van der Waals surface area contributed by atoms with Crippen molar-refractivity contribution >= 4 is 5.69 Å². The summed E-state index contributed by atoms with van der Waals surface area (Å²) in [5.41, 5.74) is 2.92. The fourth-order valence-corrected chi connectivity index (χ4v) is 1.96. The van der Waals surface area contributed by atoms with Crippen LogP contribution in [0.5, 0.6) is 5.75 Å². The van der Waals surface area contributed by atoms with E-state index >= 15 is 0 Å². The van der Waals surface area contributed by atoms with Crippen molar-refractivity contribution in [3.8, 4) is 11.8 Å². The van der Waals surface area contributed by atoms with Gasteiger partial charge in [-0.1, -0.05) is 12.1 Å². The van der Waals surface area contributed by atoms with Gasteiger partial charge >= 0.3 is 0 Å². The highest BCUT2D eigenvalue weighted by molar-refractivity contribution is 5.49. The first kappa shape index (κ1) is 14.5. The fourth-order valence-electron chi connectivity index (χ4n) is 1.96. The Morgan fingerprint density at radius 1 is 1.19 bits per heavy atom. The van der Waals surface area contributed by atoms with Crippen LogP contribution < -0.4 is 4.74 Å². The lowest BCUT2D eigenvalue weighted by Gasteiger charge is -2.10. The predicted molar refractivity (Wildman–Crippen MR) is 78.1 cm³/mol.